The fourth-order valence-corrected chi connectivity index (χ4v) is 4.41. The first-order chi connectivity index (χ1) is 7.65. The SMILES string of the molecule is C[SiH](C)C1(N)CCCCCCCCCCC1. The van der Waals surface area contributed by atoms with Gasteiger partial charge in [0.1, 0.15) is 0 Å². The van der Waals surface area contributed by atoms with Crippen LogP contribution in [0.25, 0.3) is 0 Å². The van der Waals surface area contributed by atoms with E-state index >= 15 is 0 Å². The zero-order valence-electron chi connectivity index (χ0n) is 11.4. The summed E-state index contributed by atoms with van der Waals surface area (Å²) in [5, 5.41) is 0.263. The Labute approximate surface area is 104 Å². The van der Waals surface area contributed by atoms with E-state index in [0.29, 0.717) is 0 Å². The minimum absolute atomic E-state index is 0.263. The van der Waals surface area contributed by atoms with Gasteiger partial charge in [-0.2, -0.15) is 0 Å². The van der Waals surface area contributed by atoms with Gasteiger partial charge < -0.3 is 5.73 Å². The molecule has 0 aromatic rings. The van der Waals surface area contributed by atoms with Crippen molar-refractivity contribution in [3.05, 3.63) is 0 Å². The summed E-state index contributed by atoms with van der Waals surface area (Å²) in [6, 6.07) is 0. The van der Waals surface area contributed by atoms with Crippen molar-refractivity contribution >= 4 is 8.80 Å². The topological polar surface area (TPSA) is 26.0 Å². The van der Waals surface area contributed by atoms with Crippen LogP contribution in [0.1, 0.15) is 70.6 Å². The molecule has 2 heteroatoms. The second kappa shape index (κ2) is 7.49. The molecule has 1 rings (SSSR count). The highest BCUT2D eigenvalue weighted by Crippen LogP contribution is 2.24. The summed E-state index contributed by atoms with van der Waals surface area (Å²) >= 11 is 0. The Balaban J connectivity index is 2.42. The first-order valence-electron chi connectivity index (χ1n) is 7.44. The molecule has 0 atom stereocenters. The molecule has 0 spiro atoms. The third-order valence-corrected chi connectivity index (χ3v) is 7.31. The van der Waals surface area contributed by atoms with Gasteiger partial charge in [0.2, 0.25) is 0 Å². The Morgan fingerprint density at radius 1 is 0.688 bits per heavy atom. The van der Waals surface area contributed by atoms with Crippen LogP contribution >= 0.6 is 0 Å². The van der Waals surface area contributed by atoms with Crippen molar-refractivity contribution in [1.29, 1.82) is 0 Å². The van der Waals surface area contributed by atoms with Crippen molar-refractivity contribution in [1.82, 2.24) is 0 Å². The number of hydrogen-bond donors (Lipinski definition) is 1. The second-order valence-electron chi connectivity index (χ2n) is 6.07. The van der Waals surface area contributed by atoms with Gasteiger partial charge in [-0.25, -0.2) is 0 Å². The maximum absolute atomic E-state index is 6.64. The molecule has 0 aliphatic heterocycles. The van der Waals surface area contributed by atoms with Gasteiger partial charge >= 0.3 is 0 Å². The van der Waals surface area contributed by atoms with Gasteiger partial charge in [-0.3, -0.25) is 0 Å². The second-order valence-corrected chi connectivity index (χ2v) is 9.53. The van der Waals surface area contributed by atoms with Crippen LogP contribution in [0.15, 0.2) is 0 Å². The molecule has 1 aliphatic carbocycles. The van der Waals surface area contributed by atoms with Crippen molar-refractivity contribution < 1.29 is 0 Å². The monoisotopic (exact) mass is 241 g/mol. The van der Waals surface area contributed by atoms with E-state index in [1.807, 2.05) is 0 Å². The molecule has 2 N–H and O–H groups in total. The molecular weight excluding hydrogens is 210 g/mol. The molecule has 1 aliphatic rings. The van der Waals surface area contributed by atoms with E-state index in [-0.39, 0.29) is 5.16 Å². The fraction of sp³-hybridized carbons (Fsp3) is 1.00. The van der Waals surface area contributed by atoms with Crippen molar-refractivity contribution in [3.63, 3.8) is 0 Å². The summed E-state index contributed by atoms with van der Waals surface area (Å²) in [4.78, 5) is 0. The zero-order chi connectivity index (χ0) is 11.9. The van der Waals surface area contributed by atoms with Gasteiger partial charge in [-0.15, -0.1) is 0 Å². The van der Waals surface area contributed by atoms with E-state index in [4.69, 9.17) is 5.73 Å². The van der Waals surface area contributed by atoms with Crippen molar-refractivity contribution in [2.24, 2.45) is 5.73 Å². The van der Waals surface area contributed by atoms with E-state index < -0.39 is 8.80 Å². The summed E-state index contributed by atoms with van der Waals surface area (Å²) in [5.74, 6) is 0. The van der Waals surface area contributed by atoms with E-state index in [9.17, 15) is 0 Å². The fourth-order valence-electron chi connectivity index (χ4n) is 2.85. The highest BCUT2D eigenvalue weighted by molar-refractivity contribution is 6.59. The van der Waals surface area contributed by atoms with Gasteiger partial charge in [-0.05, 0) is 12.8 Å². The zero-order valence-corrected chi connectivity index (χ0v) is 12.6. The Morgan fingerprint density at radius 3 is 1.31 bits per heavy atom. The van der Waals surface area contributed by atoms with Crippen LogP contribution in [-0.4, -0.2) is 14.0 Å². The van der Waals surface area contributed by atoms with Gasteiger partial charge in [0.05, 0.1) is 8.80 Å². The standard InChI is InChI=1S/C14H31NSi/c1-16(2)14(15)12-10-8-6-4-3-5-7-9-11-13-14/h16H,3-13,15H2,1-2H3. The smallest absolute Gasteiger partial charge is 0.0542 e. The summed E-state index contributed by atoms with van der Waals surface area (Å²) in [6.45, 7) is 4.87. The Morgan fingerprint density at radius 2 is 1.00 bits per heavy atom. The lowest BCUT2D eigenvalue weighted by atomic mass is 9.98. The highest BCUT2D eigenvalue weighted by atomic mass is 28.3. The van der Waals surface area contributed by atoms with Crippen LogP contribution in [0.2, 0.25) is 13.1 Å². The van der Waals surface area contributed by atoms with Crippen molar-refractivity contribution in [3.8, 4) is 0 Å². The number of rotatable bonds is 1. The first kappa shape index (κ1) is 14.2. The molecular formula is C14H31NSi. The van der Waals surface area contributed by atoms with E-state index in [2.05, 4.69) is 13.1 Å². The maximum atomic E-state index is 6.64. The molecule has 0 aromatic carbocycles. The van der Waals surface area contributed by atoms with Crippen LogP contribution in [0.4, 0.5) is 0 Å². The average Bonchev–Trinajstić information content (AvgIpc) is 2.23. The van der Waals surface area contributed by atoms with Crippen LogP contribution in [0, 0.1) is 0 Å². The molecule has 0 heterocycles. The molecule has 0 amide bonds. The predicted octanol–water partition coefficient (Wildman–Crippen LogP) is 4.01. The van der Waals surface area contributed by atoms with Gasteiger partial charge in [0.15, 0.2) is 0 Å². The van der Waals surface area contributed by atoms with Crippen LogP contribution in [0.3, 0.4) is 0 Å². The lowest BCUT2D eigenvalue weighted by molar-refractivity contribution is 0.423. The lowest BCUT2D eigenvalue weighted by Crippen LogP contribution is -2.51. The minimum Gasteiger partial charge on any atom is -0.328 e. The first-order valence-corrected chi connectivity index (χ1v) is 10.3. The molecule has 1 fully saturated rings. The lowest BCUT2D eigenvalue weighted by Gasteiger charge is -2.33. The molecule has 0 unspecified atom stereocenters. The Kier molecular flexibility index (Phi) is 6.67. The third kappa shape index (κ3) is 5.01. The molecule has 16 heavy (non-hydrogen) atoms. The maximum Gasteiger partial charge on any atom is 0.0542 e. The quantitative estimate of drug-likeness (QED) is 0.690. The van der Waals surface area contributed by atoms with Crippen LogP contribution < -0.4 is 5.73 Å². The van der Waals surface area contributed by atoms with Crippen molar-refractivity contribution in [2.75, 3.05) is 0 Å². The average molecular weight is 241 g/mol. The van der Waals surface area contributed by atoms with Crippen LogP contribution in [-0.2, 0) is 0 Å². The highest BCUT2D eigenvalue weighted by Gasteiger charge is 2.28. The molecule has 1 nitrogen and oxygen atoms in total. The molecule has 96 valence electrons. The number of hydrogen-bond acceptors (Lipinski definition) is 1. The van der Waals surface area contributed by atoms with Gasteiger partial charge in [0, 0.05) is 5.16 Å². The minimum atomic E-state index is -0.699. The van der Waals surface area contributed by atoms with E-state index in [1.165, 1.54) is 70.6 Å². The third-order valence-electron chi connectivity index (χ3n) is 4.43. The Hall–Kier alpha value is 0.177. The van der Waals surface area contributed by atoms with E-state index in [0.717, 1.165) is 0 Å². The number of nitrogens with two attached hydrogens (primary N) is 1. The summed E-state index contributed by atoms with van der Waals surface area (Å²) in [6.07, 6.45) is 15.4. The largest absolute Gasteiger partial charge is 0.328 e. The Bertz CT molecular complexity index is 168. The predicted molar refractivity (Wildman–Crippen MR) is 76.6 cm³/mol. The summed E-state index contributed by atoms with van der Waals surface area (Å²) in [5.41, 5.74) is 6.64. The summed E-state index contributed by atoms with van der Waals surface area (Å²) in [7, 11) is -0.699. The van der Waals surface area contributed by atoms with Crippen LogP contribution in [0.5, 0.6) is 0 Å². The molecule has 0 bridgehead atoms. The van der Waals surface area contributed by atoms with Gasteiger partial charge in [0.25, 0.3) is 0 Å². The normalized spacial score (nSPS) is 24.8. The van der Waals surface area contributed by atoms with Crippen molar-refractivity contribution in [2.45, 2.75) is 88.9 Å². The molecule has 0 radical (unpaired) electrons. The molecule has 0 saturated heterocycles. The summed E-state index contributed by atoms with van der Waals surface area (Å²) < 4.78 is 0. The molecule has 0 aromatic heterocycles. The molecule has 1 saturated carbocycles. The van der Waals surface area contributed by atoms with Gasteiger partial charge in [-0.1, -0.05) is 70.9 Å². The van der Waals surface area contributed by atoms with E-state index in [1.54, 1.807) is 0 Å².